The minimum absolute atomic E-state index is 0.0293. The van der Waals surface area contributed by atoms with E-state index < -0.39 is 15.0 Å². The predicted octanol–water partition coefficient (Wildman–Crippen LogP) is 3.31. The molecule has 4 nitrogen and oxygen atoms in total. The molecule has 1 fully saturated rings. The summed E-state index contributed by atoms with van der Waals surface area (Å²) in [4.78, 5) is 11.6. The molecule has 1 saturated carbocycles. The lowest BCUT2D eigenvalue weighted by Gasteiger charge is -2.08. The van der Waals surface area contributed by atoms with Crippen molar-refractivity contribution in [1.82, 2.24) is 5.32 Å². The highest BCUT2D eigenvalue weighted by atomic mass is 35.7. The Labute approximate surface area is 131 Å². The second-order valence-corrected chi connectivity index (χ2v) is 8.21. The molecule has 0 radical (unpaired) electrons. The maximum atomic E-state index is 12.0. The first-order valence-electron chi connectivity index (χ1n) is 5.92. The zero-order chi connectivity index (χ0) is 15.1. The molecule has 0 aromatic heterocycles. The van der Waals surface area contributed by atoms with Crippen molar-refractivity contribution < 1.29 is 13.2 Å². The van der Waals surface area contributed by atoms with Gasteiger partial charge in [0, 0.05) is 22.8 Å². The van der Waals surface area contributed by atoms with E-state index in [1.165, 1.54) is 6.07 Å². The molecule has 1 aliphatic rings. The van der Waals surface area contributed by atoms with Crippen molar-refractivity contribution in [2.45, 2.75) is 18.2 Å². The largest absolute Gasteiger partial charge is 0.352 e. The van der Waals surface area contributed by atoms with Crippen LogP contribution in [0.3, 0.4) is 0 Å². The summed E-state index contributed by atoms with van der Waals surface area (Å²) in [5, 5.41) is 2.52. The third-order valence-electron chi connectivity index (χ3n) is 3.32. The van der Waals surface area contributed by atoms with Gasteiger partial charge < -0.3 is 5.32 Å². The summed E-state index contributed by atoms with van der Waals surface area (Å²) < 4.78 is 22.8. The van der Waals surface area contributed by atoms with Crippen LogP contribution >= 0.6 is 33.9 Å². The monoisotopic (exact) mass is 355 g/mol. The van der Waals surface area contributed by atoms with Gasteiger partial charge in [0.15, 0.2) is 0 Å². The first-order valence-corrected chi connectivity index (χ1v) is 8.98. The second-order valence-electron chi connectivity index (χ2n) is 4.89. The number of halogens is 3. The Morgan fingerprint density at radius 2 is 2.00 bits per heavy atom. The quantitative estimate of drug-likeness (QED) is 0.842. The van der Waals surface area contributed by atoms with Crippen molar-refractivity contribution in [2.24, 2.45) is 11.8 Å². The van der Waals surface area contributed by atoms with E-state index in [1.54, 1.807) is 0 Å². The fourth-order valence-corrected chi connectivity index (χ4v) is 3.65. The van der Waals surface area contributed by atoms with E-state index >= 15 is 0 Å². The molecule has 2 unspecified atom stereocenters. The van der Waals surface area contributed by atoms with Crippen LogP contribution in [0, 0.1) is 11.8 Å². The van der Waals surface area contributed by atoms with Gasteiger partial charge in [0.2, 0.25) is 0 Å². The smallest absolute Gasteiger partial charge is 0.262 e. The lowest BCUT2D eigenvalue weighted by molar-refractivity contribution is 0.0951. The standard InChI is InChI=1S/C12H12Cl3NO3S/c1-6-2-8(6)5-16-12(17)7-3-9(13)11(14)10(4-7)20(15,18)19/h3-4,6,8H,2,5H2,1H3,(H,16,17). The molecule has 0 bridgehead atoms. The van der Waals surface area contributed by atoms with Crippen molar-refractivity contribution in [2.75, 3.05) is 6.54 Å². The van der Waals surface area contributed by atoms with Crippen LogP contribution in [0.1, 0.15) is 23.7 Å². The van der Waals surface area contributed by atoms with Gasteiger partial charge >= 0.3 is 0 Å². The average Bonchev–Trinajstić information content (AvgIpc) is 3.04. The number of nitrogens with one attached hydrogen (secondary N) is 1. The molecule has 0 heterocycles. The van der Waals surface area contributed by atoms with Crippen molar-refractivity contribution >= 4 is 48.8 Å². The third-order valence-corrected chi connectivity index (χ3v) is 5.58. The minimum atomic E-state index is -4.06. The molecule has 2 rings (SSSR count). The Balaban J connectivity index is 2.23. The lowest BCUT2D eigenvalue weighted by atomic mass is 10.2. The fourth-order valence-electron chi connectivity index (χ4n) is 1.88. The summed E-state index contributed by atoms with van der Waals surface area (Å²) in [5.74, 6) is 0.699. The normalized spacial score (nSPS) is 21.6. The molecular formula is C12H12Cl3NO3S. The fraction of sp³-hybridized carbons (Fsp3) is 0.417. The molecule has 20 heavy (non-hydrogen) atoms. The summed E-state index contributed by atoms with van der Waals surface area (Å²) in [6.07, 6.45) is 1.09. The highest BCUT2D eigenvalue weighted by Crippen LogP contribution is 2.37. The molecule has 2 atom stereocenters. The molecule has 1 N–H and O–H groups in total. The summed E-state index contributed by atoms with van der Waals surface area (Å²) >= 11 is 11.6. The summed E-state index contributed by atoms with van der Waals surface area (Å²) in [6, 6.07) is 2.45. The van der Waals surface area contributed by atoms with Crippen LogP contribution in [-0.2, 0) is 9.05 Å². The Morgan fingerprint density at radius 1 is 1.40 bits per heavy atom. The van der Waals surface area contributed by atoms with E-state index in [0.717, 1.165) is 12.5 Å². The molecule has 1 aromatic carbocycles. The van der Waals surface area contributed by atoms with E-state index in [1.807, 2.05) is 0 Å². The van der Waals surface area contributed by atoms with E-state index in [-0.39, 0.29) is 20.5 Å². The van der Waals surface area contributed by atoms with Crippen molar-refractivity contribution in [3.63, 3.8) is 0 Å². The molecule has 0 aliphatic heterocycles. The second kappa shape index (κ2) is 5.72. The lowest BCUT2D eigenvalue weighted by Crippen LogP contribution is -2.26. The average molecular weight is 357 g/mol. The van der Waals surface area contributed by atoms with E-state index in [0.29, 0.717) is 18.4 Å². The zero-order valence-corrected chi connectivity index (χ0v) is 13.6. The van der Waals surface area contributed by atoms with E-state index in [9.17, 15) is 13.2 Å². The summed E-state index contributed by atoms with van der Waals surface area (Å²) in [7, 11) is 1.20. The Kier molecular flexibility index (Phi) is 4.54. The van der Waals surface area contributed by atoms with Gasteiger partial charge in [-0.1, -0.05) is 30.1 Å². The van der Waals surface area contributed by atoms with Crippen LogP contribution in [0.2, 0.25) is 10.0 Å². The van der Waals surface area contributed by atoms with Gasteiger partial charge in [-0.2, -0.15) is 0 Å². The molecule has 8 heteroatoms. The van der Waals surface area contributed by atoms with Crippen LogP contribution in [0.5, 0.6) is 0 Å². The molecule has 110 valence electrons. The number of hydrogen-bond donors (Lipinski definition) is 1. The van der Waals surface area contributed by atoms with Crippen LogP contribution in [-0.4, -0.2) is 20.9 Å². The van der Waals surface area contributed by atoms with Gasteiger partial charge in [0.05, 0.1) is 10.0 Å². The SMILES string of the molecule is CC1CC1CNC(=O)c1cc(Cl)c(Cl)c(S(=O)(=O)Cl)c1. The third kappa shape index (κ3) is 3.58. The van der Waals surface area contributed by atoms with Gasteiger partial charge in [-0.05, 0) is 30.4 Å². The topological polar surface area (TPSA) is 63.2 Å². The molecule has 1 amide bonds. The van der Waals surface area contributed by atoms with Gasteiger partial charge in [-0.25, -0.2) is 8.42 Å². The Morgan fingerprint density at radius 3 is 2.50 bits per heavy atom. The van der Waals surface area contributed by atoms with Crippen molar-refractivity contribution in [3.8, 4) is 0 Å². The first-order chi connectivity index (χ1) is 9.20. The molecular weight excluding hydrogens is 345 g/mol. The van der Waals surface area contributed by atoms with Crippen LogP contribution < -0.4 is 5.32 Å². The van der Waals surface area contributed by atoms with Gasteiger partial charge in [-0.15, -0.1) is 0 Å². The predicted molar refractivity (Wildman–Crippen MR) is 79.1 cm³/mol. The molecule has 1 aliphatic carbocycles. The first kappa shape index (κ1) is 15.9. The number of benzene rings is 1. The maximum Gasteiger partial charge on any atom is 0.262 e. The molecule has 1 aromatic rings. The number of hydrogen-bond acceptors (Lipinski definition) is 3. The van der Waals surface area contributed by atoms with Gasteiger partial charge in [0.25, 0.3) is 15.0 Å². The van der Waals surface area contributed by atoms with E-state index in [2.05, 4.69) is 12.2 Å². The van der Waals surface area contributed by atoms with Crippen LogP contribution in [0.4, 0.5) is 0 Å². The van der Waals surface area contributed by atoms with E-state index in [4.69, 9.17) is 33.9 Å². The molecule has 0 spiro atoms. The van der Waals surface area contributed by atoms with Gasteiger partial charge in [0.1, 0.15) is 4.90 Å². The number of amides is 1. The summed E-state index contributed by atoms with van der Waals surface area (Å²) in [5.41, 5.74) is 0.118. The maximum absolute atomic E-state index is 12.0. The van der Waals surface area contributed by atoms with Crippen molar-refractivity contribution in [3.05, 3.63) is 27.7 Å². The summed E-state index contributed by atoms with van der Waals surface area (Å²) in [6.45, 7) is 2.66. The Hall–Kier alpha value is -0.490. The number of carbonyl (C=O) groups excluding carboxylic acids is 1. The Bertz CT molecular complexity index is 660. The van der Waals surface area contributed by atoms with Crippen molar-refractivity contribution in [1.29, 1.82) is 0 Å². The van der Waals surface area contributed by atoms with Crippen LogP contribution in [0.25, 0.3) is 0 Å². The van der Waals surface area contributed by atoms with Gasteiger partial charge in [-0.3, -0.25) is 4.79 Å². The number of rotatable bonds is 4. The minimum Gasteiger partial charge on any atom is -0.352 e. The highest BCUT2D eigenvalue weighted by Gasteiger charge is 2.32. The molecule has 0 saturated heterocycles. The number of carbonyl (C=O) groups is 1. The zero-order valence-electron chi connectivity index (χ0n) is 10.5. The highest BCUT2D eigenvalue weighted by molar-refractivity contribution is 8.13. The van der Waals surface area contributed by atoms with Crippen LogP contribution in [0.15, 0.2) is 17.0 Å².